The van der Waals surface area contributed by atoms with Crippen molar-refractivity contribution >= 4 is 46.6 Å². The molecule has 2 aromatic carbocycles. The molecule has 4 nitrogen and oxygen atoms in total. The number of rotatable bonds is 9. The predicted octanol–water partition coefficient (Wildman–Crippen LogP) is 5.91. The van der Waals surface area contributed by atoms with Crippen LogP contribution in [0.25, 0.3) is 0 Å². The quantitative estimate of drug-likeness (QED) is 0.496. The summed E-state index contributed by atoms with van der Waals surface area (Å²) in [7, 11) is 0. The molecular weight excluding hydrogens is 443 g/mol. The zero-order chi connectivity index (χ0) is 22.3. The third kappa shape index (κ3) is 6.90. The summed E-state index contributed by atoms with van der Waals surface area (Å²) in [6.07, 6.45) is 1.46. The fourth-order valence-electron chi connectivity index (χ4n) is 3.07. The molecule has 0 spiro atoms. The summed E-state index contributed by atoms with van der Waals surface area (Å²) in [5.41, 5.74) is 1.56. The lowest BCUT2D eigenvalue weighted by molar-refractivity contribution is -0.141. The molecule has 2 rings (SSSR count). The molecule has 0 aliphatic rings. The van der Waals surface area contributed by atoms with Gasteiger partial charge < -0.3 is 10.2 Å². The molecule has 0 aromatic heterocycles. The first-order valence-electron chi connectivity index (χ1n) is 10.0. The van der Waals surface area contributed by atoms with E-state index in [0.29, 0.717) is 21.5 Å². The third-order valence-electron chi connectivity index (χ3n) is 5.01. The number of amides is 2. The Morgan fingerprint density at radius 3 is 2.17 bits per heavy atom. The van der Waals surface area contributed by atoms with Gasteiger partial charge in [0.05, 0.1) is 6.42 Å². The fraction of sp³-hybridized carbons (Fsp3) is 0.391. The van der Waals surface area contributed by atoms with Gasteiger partial charge in [-0.25, -0.2) is 0 Å². The molecule has 0 bridgehead atoms. The number of carbonyl (C=O) groups excluding carboxylic acids is 2. The highest BCUT2D eigenvalue weighted by Gasteiger charge is 2.29. The van der Waals surface area contributed by atoms with Gasteiger partial charge in [0.1, 0.15) is 6.04 Å². The Labute approximate surface area is 193 Å². The highest BCUT2D eigenvalue weighted by Crippen LogP contribution is 2.24. The molecule has 1 N–H and O–H groups in total. The standard InChI is InChI=1S/C23H27Cl3N2O2/c1-4-15(3)27-23(30)21(5-2)28(14-17-8-11-19(25)13-20(17)26)22(29)12-16-6-9-18(24)10-7-16/h6-11,13,15,21H,4-5,12,14H2,1-3H3,(H,27,30). The molecule has 162 valence electrons. The van der Waals surface area contributed by atoms with Crippen LogP contribution in [-0.2, 0) is 22.6 Å². The minimum Gasteiger partial charge on any atom is -0.352 e. The summed E-state index contributed by atoms with van der Waals surface area (Å²) >= 11 is 18.3. The van der Waals surface area contributed by atoms with Crippen LogP contribution in [0.4, 0.5) is 0 Å². The lowest BCUT2D eigenvalue weighted by atomic mass is 10.1. The Morgan fingerprint density at radius 2 is 1.60 bits per heavy atom. The van der Waals surface area contributed by atoms with Gasteiger partial charge in [0.15, 0.2) is 0 Å². The molecule has 2 unspecified atom stereocenters. The number of nitrogens with one attached hydrogen (secondary N) is 1. The molecule has 2 atom stereocenters. The monoisotopic (exact) mass is 468 g/mol. The van der Waals surface area contributed by atoms with Crippen molar-refractivity contribution in [2.24, 2.45) is 0 Å². The van der Waals surface area contributed by atoms with Crippen LogP contribution < -0.4 is 5.32 Å². The number of halogens is 3. The normalized spacial score (nSPS) is 12.9. The fourth-order valence-corrected chi connectivity index (χ4v) is 3.67. The van der Waals surface area contributed by atoms with Gasteiger partial charge in [-0.3, -0.25) is 9.59 Å². The van der Waals surface area contributed by atoms with E-state index in [0.717, 1.165) is 17.5 Å². The Morgan fingerprint density at radius 1 is 0.967 bits per heavy atom. The number of carbonyl (C=O) groups is 2. The van der Waals surface area contributed by atoms with Crippen LogP contribution in [0.3, 0.4) is 0 Å². The van der Waals surface area contributed by atoms with Gasteiger partial charge in [0.2, 0.25) is 11.8 Å². The van der Waals surface area contributed by atoms with Gasteiger partial charge in [-0.05, 0) is 55.2 Å². The van der Waals surface area contributed by atoms with E-state index < -0.39 is 6.04 Å². The molecule has 0 fully saturated rings. The van der Waals surface area contributed by atoms with E-state index in [9.17, 15) is 9.59 Å². The molecule has 2 aromatic rings. The van der Waals surface area contributed by atoms with Crippen LogP contribution in [-0.4, -0.2) is 28.8 Å². The smallest absolute Gasteiger partial charge is 0.243 e. The van der Waals surface area contributed by atoms with Crippen molar-refractivity contribution in [3.8, 4) is 0 Å². The molecule has 7 heteroatoms. The Hall–Kier alpha value is -1.75. The summed E-state index contributed by atoms with van der Waals surface area (Å²) in [5.74, 6) is -0.323. The van der Waals surface area contributed by atoms with Gasteiger partial charge in [0, 0.05) is 27.7 Å². The van der Waals surface area contributed by atoms with Crippen LogP contribution in [0.15, 0.2) is 42.5 Å². The zero-order valence-electron chi connectivity index (χ0n) is 17.4. The van der Waals surface area contributed by atoms with Crippen LogP contribution in [0.1, 0.15) is 44.7 Å². The second kappa shape index (κ2) is 11.6. The zero-order valence-corrected chi connectivity index (χ0v) is 19.7. The van der Waals surface area contributed by atoms with Crippen molar-refractivity contribution in [2.75, 3.05) is 0 Å². The minimum absolute atomic E-state index is 0.0267. The number of nitrogens with zero attached hydrogens (tertiary/aromatic N) is 1. The highest BCUT2D eigenvalue weighted by molar-refractivity contribution is 6.35. The second-order valence-corrected chi connectivity index (χ2v) is 8.58. The minimum atomic E-state index is -0.606. The Balaban J connectivity index is 2.32. The molecule has 0 saturated heterocycles. The maximum absolute atomic E-state index is 13.3. The van der Waals surface area contributed by atoms with E-state index in [4.69, 9.17) is 34.8 Å². The number of benzene rings is 2. The maximum atomic E-state index is 13.3. The van der Waals surface area contributed by atoms with Gasteiger partial charge in [0.25, 0.3) is 0 Å². The van der Waals surface area contributed by atoms with Crippen LogP contribution in [0.5, 0.6) is 0 Å². The first kappa shape index (κ1) is 24.5. The highest BCUT2D eigenvalue weighted by atomic mass is 35.5. The van der Waals surface area contributed by atoms with E-state index in [2.05, 4.69) is 5.32 Å². The lowest BCUT2D eigenvalue weighted by Gasteiger charge is -2.32. The Bertz CT molecular complexity index is 871. The average Bonchev–Trinajstić information content (AvgIpc) is 2.70. The Kier molecular flexibility index (Phi) is 9.47. The molecular formula is C23H27Cl3N2O2. The van der Waals surface area contributed by atoms with Crippen molar-refractivity contribution in [3.05, 3.63) is 68.7 Å². The number of hydrogen-bond acceptors (Lipinski definition) is 2. The van der Waals surface area contributed by atoms with E-state index in [1.54, 1.807) is 35.2 Å². The van der Waals surface area contributed by atoms with E-state index in [-0.39, 0.29) is 30.8 Å². The molecule has 2 amide bonds. The van der Waals surface area contributed by atoms with Crippen molar-refractivity contribution in [2.45, 2.75) is 58.7 Å². The van der Waals surface area contributed by atoms with Gasteiger partial charge in [-0.15, -0.1) is 0 Å². The molecule has 30 heavy (non-hydrogen) atoms. The lowest BCUT2D eigenvalue weighted by Crippen LogP contribution is -2.51. The van der Waals surface area contributed by atoms with E-state index >= 15 is 0 Å². The van der Waals surface area contributed by atoms with Gasteiger partial charge >= 0.3 is 0 Å². The van der Waals surface area contributed by atoms with E-state index in [1.165, 1.54) is 0 Å². The summed E-state index contributed by atoms with van der Waals surface area (Å²) in [5, 5.41) is 4.58. The maximum Gasteiger partial charge on any atom is 0.243 e. The van der Waals surface area contributed by atoms with Crippen LogP contribution in [0, 0.1) is 0 Å². The van der Waals surface area contributed by atoms with Crippen molar-refractivity contribution in [1.29, 1.82) is 0 Å². The average molecular weight is 470 g/mol. The van der Waals surface area contributed by atoms with Gasteiger partial charge in [-0.2, -0.15) is 0 Å². The first-order valence-corrected chi connectivity index (χ1v) is 11.2. The second-order valence-electron chi connectivity index (χ2n) is 7.30. The molecule has 0 aliphatic carbocycles. The SMILES string of the molecule is CCC(C)NC(=O)C(CC)N(Cc1ccc(Cl)cc1Cl)C(=O)Cc1ccc(Cl)cc1. The summed E-state index contributed by atoms with van der Waals surface area (Å²) in [6, 6.07) is 11.7. The largest absolute Gasteiger partial charge is 0.352 e. The van der Waals surface area contributed by atoms with Crippen molar-refractivity contribution in [3.63, 3.8) is 0 Å². The van der Waals surface area contributed by atoms with Crippen molar-refractivity contribution < 1.29 is 9.59 Å². The summed E-state index contributed by atoms with van der Waals surface area (Å²) < 4.78 is 0. The summed E-state index contributed by atoms with van der Waals surface area (Å²) in [6.45, 7) is 6.06. The van der Waals surface area contributed by atoms with E-state index in [1.807, 2.05) is 32.9 Å². The van der Waals surface area contributed by atoms with Crippen molar-refractivity contribution in [1.82, 2.24) is 10.2 Å². The predicted molar refractivity (Wildman–Crippen MR) is 124 cm³/mol. The molecule has 0 radical (unpaired) electrons. The molecule has 0 heterocycles. The van der Waals surface area contributed by atoms with Gasteiger partial charge in [-0.1, -0.05) is 66.8 Å². The topological polar surface area (TPSA) is 49.4 Å². The third-order valence-corrected chi connectivity index (χ3v) is 5.85. The summed E-state index contributed by atoms with van der Waals surface area (Å²) in [4.78, 5) is 27.8. The molecule has 0 aliphatic heterocycles. The number of hydrogen-bond donors (Lipinski definition) is 1. The molecule has 0 saturated carbocycles. The van der Waals surface area contributed by atoms with Crippen LogP contribution in [0.2, 0.25) is 15.1 Å². The van der Waals surface area contributed by atoms with Crippen LogP contribution >= 0.6 is 34.8 Å². The first-order chi connectivity index (χ1) is 14.2.